The maximum absolute atomic E-state index is 13.4. The first-order valence-electron chi connectivity index (χ1n) is 10.8. The topological polar surface area (TPSA) is 93.8 Å². The fourth-order valence-corrected chi connectivity index (χ4v) is 4.55. The third-order valence-corrected chi connectivity index (χ3v) is 6.49. The van der Waals surface area contributed by atoms with Crippen LogP contribution in [0.15, 0.2) is 81.3 Å². The maximum atomic E-state index is 13.4. The first kappa shape index (κ1) is 23.7. The molecule has 36 heavy (non-hydrogen) atoms. The number of thiocarbonyl (C=S) groups is 1. The Labute approximate surface area is 219 Å². The highest BCUT2D eigenvalue weighted by Gasteiger charge is 2.34. The number of methoxy groups -OCH3 is 1. The number of halogens is 1. The largest absolute Gasteiger partial charge is 0.463 e. The first-order chi connectivity index (χ1) is 17.4. The highest BCUT2D eigenvalue weighted by atomic mass is 79.9. The van der Waals surface area contributed by atoms with Crippen molar-refractivity contribution in [3.05, 3.63) is 94.0 Å². The van der Waals surface area contributed by atoms with Gasteiger partial charge in [0.05, 0.1) is 19.3 Å². The lowest BCUT2D eigenvalue weighted by Gasteiger charge is -2.28. The molecule has 8 nitrogen and oxygen atoms in total. The number of furan rings is 1. The Hall–Kier alpha value is -4.02. The van der Waals surface area contributed by atoms with Crippen LogP contribution >= 0.6 is 28.1 Å². The van der Waals surface area contributed by atoms with Crippen LogP contribution in [0, 0.1) is 0 Å². The number of rotatable bonds is 5. The molecule has 0 unspecified atom stereocenters. The number of para-hydroxylation sites is 1. The zero-order chi connectivity index (χ0) is 25.4. The van der Waals surface area contributed by atoms with Gasteiger partial charge in [0, 0.05) is 27.1 Å². The van der Waals surface area contributed by atoms with E-state index < -0.39 is 17.8 Å². The maximum Gasteiger partial charge on any atom is 0.373 e. The monoisotopic (exact) mass is 563 g/mol. The zero-order valence-corrected chi connectivity index (χ0v) is 21.3. The van der Waals surface area contributed by atoms with Crippen molar-refractivity contribution in [2.24, 2.45) is 0 Å². The van der Waals surface area contributed by atoms with Gasteiger partial charge in [0.2, 0.25) is 5.76 Å². The Morgan fingerprint density at radius 3 is 2.61 bits per heavy atom. The van der Waals surface area contributed by atoms with Gasteiger partial charge >= 0.3 is 5.97 Å². The van der Waals surface area contributed by atoms with Gasteiger partial charge in [-0.25, -0.2) is 4.79 Å². The molecule has 3 heterocycles. The second kappa shape index (κ2) is 9.56. The molecular formula is C26H18BrN3O5S. The summed E-state index contributed by atoms with van der Waals surface area (Å²) in [6.07, 6.45) is 3.39. The fourth-order valence-electron chi connectivity index (χ4n) is 4.00. The Morgan fingerprint density at radius 2 is 1.86 bits per heavy atom. The lowest BCUT2D eigenvalue weighted by atomic mass is 10.1. The molecule has 0 radical (unpaired) electrons. The van der Waals surface area contributed by atoms with Crippen molar-refractivity contribution in [2.75, 3.05) is 12.0 Å². The number of fused-ring (bicyclic) bond motifs is 1. The third kappa shape index (κ3) is 4.36. The standard InChI is InChI=1S/C26H18BrN3O5S/c1-34-25(33)22-11-10-18(35-22)14-29-13-15(19-4-2-3-5-21(19)29)12-20-23(31)28-26(36)30(24(20)32)17-8-6-16(27)7-9-17/h2-13H,14H2,1H3,(H,28,31,36)/b20-12+. The molecule has 0 spiro atoms. The van der Waals surface area contributed by atoms with Gasteiger partial charge in [-0.2, -0.15) is 0 Å². The van der Waals surface area contributed by atoms with E-state index in [-0.39, 0.29) is 16.4 Å². The van der Waals surface area contributed by atoms with Crippen LogP contribution in [0.4, 0.5) is 5.69 Å². The lowest BCUT2D eigenvalue weighted by molar-refractivity contribution is -0.122. The number of nitrogens with zero attached hydrogens (tertiary/aromatic N) is 2. The number of hydrogen-bond acceptors (Lipinski definition) is 6. The molecule has 0 atom stereocenters. The van der Waals surface area contributed by atoms with Crippen LogP contribution in [0.5, 0.6) is 0 Å². The summed E-state index contributed by atoms with van der Waals surface area (Å²) in [5, 5.41) is 3.47. The van der Waals surface area contributed by atoms with E-state index in [2.05, 4.69) is 21.2 Å². The Kier molecular flexibility index (Phi) is 6.29. The number of nitrogens with one attached hydrogen (secondary N) is 1. The molecule has 5 rings (SSSR count). The van der Waals surface area contributed by atoms with E-state index in [0.717, 1.165) is 15.4 Å². The van der Waals surface area contributed by atoms with E-state index in [0.29, 0.717) is 23.6 Å². The summed E-state index contributed by atoms with van der Waals surface area (Å²) in [4.78, 5) is 39.2. The molecule has 4 aromatic rings. The lowest BCUT2D eigenvalue weighted by Crippen LogP contribution is -2.54. The number of ether oxygens (including phenoxy) is 1. The third-order valence-electron chi connectivity index (χ3n) is 5.68. The van der Waals surface area contributed by atoms with Crippen LogP contribution in [0.3, 0.4) is 0 Å². The fraction of sp³-hybridized carbons (Fsp3) is 0.0769. The molecule has 1 fully saturated rings. The van der Waals surface area contributed by atoms with Crippen LogP contribution in [0.1, 0.15) is 21.9 Å². The van der Waals surface area contributed by atoms with Crippen molar-refractivity contribution in [2.45, 2.75) is 6.54 Å². The molecule has 2 amide bonds. The Bertz CT molecular complexity index is 1570. The number of anilines is 1. The Balaban J connectivity index is 1.53. The molecule has 10 heteroatoms. The molecule has 1 saturated heterocycles. The minimum Gasteiger partial charge on any atom is -0.463 e. The predicted octanol–water partition coefficient (Wildman–Crippen LogP) is 4.66. The number of benzene rings is 2. The van der Waals surface area contributed by atoms with E-state index in [4.69, 9.17) is 21.4 Å². The van der Waals surface area contributed by atoms with Crippen molar-refractivity contribution in [3.63, 3.8) is 0 Å². The van der Waals surface area contributed by atoms with Crippen molar-refractivity contribution < 1.29 is 23.5 Å². The summed E-state index contributed by atoms with van der Waals surface area (Å²) >= 11 is 8.66. The second-order valence-electron chi connectivity index (χ2n) is 7.92. The molecular weight excluding hydrogens is 546 g/mol. The molecule has 180 valence electrons. The van der Waals surface area contributed by atoms with Gasteiger partial charge in [-0.3, -0.25) is 19.8 Å². The van der Waals surface area contributed by atoms with Crippen LogP contribution in [-0.2, 0) is 20.9 Å². The summed E-state index contributed by atoms with van der Waals surface area (Å²) in [5.74, 6) is -0.979. The highest BCUT2D eigenvalue weighted by molar-refractivity contribution is 9.10. The van der Waals surface area contributed by atoms with E-state index in [1.165, 1.54) is 12.0 Å². The van der Waals surface area contributed by atoms with Crippen LogP contribution in [0.25, 0.3) is 17.0 Å². The summed E-state index contributed by atoms with van der Waals surface area (Å²) < 4.78 is 13.1. The molecule has 2 aromatic carbocycles. The van der Waals surface area contributed by atoms with Crippen molar-refractivity contribution in [3.8, 4) is 0 Å². The number of hydrogen-bond donors (Lipinski definition) is 1. The molecule has 0 saturated carbocycles. The van der Waals surface area contributed by atoms with Crippen LogP contribution < -0.4 is 10.2 Å². The van der Waals surface area contributed by atoms with Crippen LogP contribution in [0.2, 0.25) is 0 Å². The summed E-state index contributed by atoms with van der Waals surface area (Å²) in [6, 6.07) is 17.9. The van der Waals surface area contributed by atoms with Gasteiger partial charge in [-0.15, -0.1) is 0 Å². The average Bonchev–Trinajstić information content (AvgIpc) is 3.47. The molecule has 0 bridgehead atoms. The second-order valence-corrected chi connectivity index (χ2v) is 9.22. The summed E-state index contributed by atoms with van der Waals surface area (Å²) in [7, 11) is 1.29. The van der Waals surface area contributed by atoms with E-state index in [9.17, 15) is 14.4 Å². The Morgan fingerprint density at radius 1 is 1.11 bits per heavy atom. The van der Waals surface area contributed by atoms with Crippen molar-refractivity contribution in [1.82, 2.24) is 9.88 Å². The quantitative estimate of drug-likeness (QED) is 0.164. The van der Waals surface area contributed by atoms with Gasteiger partial charge < -0.3 is 13.7 Å². The molecule has 0 aliphatic carbocycles. The van der Waals surface area contributed by atoms with Gasteiger partial charge in [0.1, 0.15) is 11.3 Å². The number of amides is 2. The summed E-state index contributed by atoms with van der Waals surface area (Å²) in [6.45, 7) is 0.329. The normalized spacial score (nSPS) is 15.0. The molecule has 2 aromatic heterocycles. The first-order valence-corrected chi connectivity index (χ1v) is 12.0. The molecule has 1 N–H and O–H groups in total. The average molecular weight is 564 g/mol. The van der Waals surface area contributed by atoms with Crippen molar-refractivity contribution >= 4 is 73.7 Å². The van der Waals surface area contributed by atoms with Crippen LogP contribution in [-0.4, -0.2) is 34.6 Å². The van der Waals surface area contributed by atoms with Gasteiger partial charge in [-0.1, -0.05) is 34.1 Å². The zero-order valence-electron chi connectivity index (χ0n) is 18.9. The summed E-state index contributed by atoms with van der Waals surface area (Å²) in [5.41, 5.74) is 2.04. The van der Waals surface area contributed by atoms with Gasteiger partial charge in [-0.05, 0) is 60.8 Å². The molecule has 1 aliphatic rings. The number of aromatic nitrogens is 1. The van der Waals surface area contributed by atoms with Crippen molar-refractivity contribution in [1.29, 1.82) is 0 Å². The minimum atomic E-state index is -0.566. The molecule has 1 aliphatic heterocycles. The minimum absolute atomic E-state index is 0.0196. The predicted molar refractivity (Wildman–Crippen MR) is 141 cm³/mol. The highest BCUT2D eigenvalue weighted by Crippen LogP contribution is 2.28. The number of carbonyl (C=O) groups excluding carboxylic acids is 3. The smallest absolute Gasteiger partial charge is 0.373 e. The van der Waals surface area contributed by atoms with Gasteiger partial charge in [0.15, 0.2) is 5.11 Å². The van der Waals surface area contributed by atoms with Gasteiger partial charge in [0.25, 0.3) is 11.8 Å². The SMILES string of the molecule is COC(=O)c1ccc(Cn2cc(/C=C3\C(=O)NC(=S)N(c4ccc(Br)cc4)C3=O)c3ccccc32)o1. The number of carbonyl (C=O) groups is 3. The number of esters is 1. The van der Waals surface area contributed by atoms with E-state index in [1.807, 2.05) is 35.0 Å². The van der Waals surface area contributed by atoms with E-state index in [1.54, 1.807) is 42.5 Å². The van der Waals surface area contributed by atoms with E-state index >= 15 is 0 Å².